The molecule has 0 aliphatic carbocycles. The number of hydrazine groups is 1. The molecule has 0 saturated carbocycles. The summed E-state index contributed by atoms with van der Waals surface area (Å²) >= 11 is 3.19. The molecule has 114 valence electrons. The van der Waals surface area contributed by atoms with Gasteiger partial charge in [-0.3, -0.25) is 5.84 Å². The minimum Gasteiger partial charge on any atom is -0.453 e. The van der Waals surface area contributed by atoms with E-state index < -0.39 is 6.36 Å². The first kappa shape index (κ1) is 15.9. The predicted molar refractivity (Wildman–Crippen MR) is 73.3 cm³/mol. The second-order valence-corrected chi connectivity index (χ2v) is 5.04. The molecular formula is C13H12BrF3N2O2. The third-order valence-corrected chi connectivity index (χ3v) is 3.16. The zero-order chi connectivity index (χ0) is 15.5. The number of benzene rings is 1. The van der Waals surface area contributed by atoms with Crippen molar-refractivity contribution in [3.8, 4) is 5.75 Å². The molecule has 1 unspecified atom stereocenters. The molecule has 0 spiro atoms. The highest BCUT2D eigenvalue weighted by Crippen LogP contribution is 2.26. The standard InChI is InChI=1S/C13H12BrF3N2O2/c14-12-6-5-11(20-12)10(19-18)7-8-1-3-9(4-2-8)21-13(15,16)17/h1-6,10,19H,7,18H2. The largest absolute Gasteiger partial charge is 0.573 e. The number of rotatable bonds is 5. The molecule has 0 saturated heterocycles. The molecule has 4 nitrogen and oxygen atoms in total. The second-order valence-electron chi connectivity index (χ2n) is 4.26. The summed E-state index contributed by atoms with van der Waals surface area (Å²) in [6.07, 6.45) is -4.23. The zero-order valence-electron chi connectivity index (χ0n) is 10.7. The Morgan fingerprint density at radius 1 is 1.19 bits per heavy atom. The highest BCUT2D eigenvalue weighted by atomic mass is 79.9. The number of halogens is 4. The van der Waals surface area contributed by atoms with Gasteiger partial charge in [-0.25, -0.2) is 5.43 Å². The van der Waals surface area contributed by atoms with E-state index in [1.165, 1.54) is 12.1 Å². The fraction of sp³-hybridized carbons (Fsp3) is 0.231. The van der Waals surface area contributed by atoms with E-state index in [1.807, 2.05) is 0 Å². The summed E-state index contributed by atoms with van der Waals surface area (Å²) in [4.78, 5) is 0. The maximum atomic E-state index is 12.1. The number of alkyl halides is 3. The molecule has 1 atom stereocenters. The van der Waals surface area contributed by atoms with Crippen molar-refractivity contribution >= 4 is 15.9 Å². The van der Waals surface area contributed by atoms with Gasteiger partial charge in [-0.15, -0.1) is 13.2 Å². The van der Waals surface area contributed by atoms with E-state index in [4.69, 9.17) is 10.3 Å². The van der Waals surface area contributed by atoms with Crippen LogP contribution in [0.25, 0.3) is 0 Å². The summed E-state index contributed by atoms with van der Waals surface area (Å²) in [7, 11) is 0. The molecule has 1 aromatic heterocycles. The number of furan rings is 1. The van der Waals surface area contributed by atoms with E-state index in [9.17, 15) is 13.2 Å². The van der Waals surface area contributed by atoms with Crippen LogP contribution in [0.15, 0.2) is 45.5 Å². The number of nitrogens with two attached hydrogens (primary N) is 1. The van der Waals surface area contributed by atoms with E-state index in [2.05, 4.69) is 26.1 Å². The molecule has 8 heteroatoms. The third kappa shape index (κ3) is 4.76. The molecular weight excluding hydrogens is 353 g/mol. The predicted octanol–water partition coefficient (Wildman–Crippen LogP) is 3.69. The van der Waals surface area contributed by atoms with E-state index in [0.717, 1.165) is 5.56 Å². The topological polar surface area (TPSA) is 60.4 Å². The molecule has 0 amide bonds. The monoisotopic (exact) mass is 364 g/mol. The molecule has 0 aliphatic rings. The average Bonchev–Trinajstić information content (AvgIpc) is 2.82. The lowest BCUT2D eigenvalue weighted by molar-refractivity contribution is -0.274. The van der Waals surface area contributed by atoms with Crippen LogP contribution in [0.5, 0.6) is 5.75 Å². The lowest BCUT2D eigenvalue weighted by atomic mass is 10.0. The molecule has 21 heavy (non-hydrogen) atoms. The van der Waals surface area contributed by atoms with Gasteiger partial charge in [-0.2, -0.15) is 0 Å². The SMILES string of the molecule is NNC(Cc1ccc(OC(F)(F)F)cc1)c1ccc(Br)o1. The Balaban J connectivity index is 2.05. The minimum absolute atomic E-state index is 0.260. The molecule has 1 aromatic carbocycles. The zero-order valence-corrected chi connectivity index (χ0v) is 12.2. The molecule has 3 N–H and O–H groups in total. The van der Waals surface area contributed by atoms with Crippen LogP contribution < -0.4 is 16.0 Å². The Bertz CT molecular complexity index is 584. The van der Waals surface area contributed by atoms with Gasteiger partial charge in [-0.1, -0.05) is 12.1 Å². The van der Waals surface area contributed by atoms with Crippen LogP contribution in [0.1, 0.15) is 17.4 Å². The van der Waals surface area contributed by atoms with Gasteiger partial charge in [0.05, 0.1) is 6.04 Å². The number of nitrogens with one attached hydrogen (secondary N) is 1. The van der Waals surface area contributed by atoms with Gasteiger partial charge in [0.2, 0.25) is 0 Å². The first-order valence-electron chi connectivity index (χ1n) is 5.93. The molecule has 0 fully saturated rings. The van der Waals surface area contributed by atoms with Crippen molar-refractivity contribution in [1.82, 2.24) is 5.43 Å². The van der Waals surface area contributed by atoms with Gasteiger partial charge in [0.25, 0.3) is 0 Å². The van der Waals surface area contributed by atoms with E-state index in [1.54, 1.807) is 24.3 Å². The van der Waals surface area contributed by atoms with Crippen molar-refractivity contribution in [1.29, 1.82) is 0 Å². The summed E-state index contributed by atoms with van der Waals surface area (Å²) in [6.45, 7) is 0. The van der Waals surface area contributed by atoms with Crippen LogP contribution >= 0.6 is 15.9 Å². The highest BCUT2D eigenvalue weighted by Gasteiger charge is 2.31. The van der Waals surface area contributed by atoms with Gasteiger partial charge in [0.1, 0.15) is 11.5 Å². The van der Waals surface area contributed by atoms with Crippen molar-refractivity contribution in [2.45, 2.75) is 18.8 Å². The van der Waals surface area contributed by atoms with Crippen molar-refractivity contribution in [2.24, 2.45) is 5.84 Å². The van der Waals surface area contributed by atoms with Gasteiger partial charge in [0.15, 0.2) is 4.67 Å². The number of ether oxygens (including phenoxy) is 1. The average molecular weight is 365 g/mol. The molecule has 0 radical (unpaired) electrons. The summed E-state index contributed by atoms with van der Waals surface area (Å²) in [6, 6.07) is 8.82. The van der Waals surface area contributed by atoms with Gasteiger partial charge < -0.3 is 9.15 Å². The highest BCUT2D eigenvalue weighted by molar-refractivity contribution is 9.10. The van der Waals surface area contributed by atoms with Crippen molar-refractivity contribution in [2.75, 3.05) is 0 Å². The normalized spacial score (nSPS) is 13.2. The molecule has 0 aliphatic heterocycles. The summed E-state index contributed by atoms with van der Waals surface area (Å²) in [5.74, 6) is 5.84. The Morgan fingerprint density at radius 2 is 1.86 bits per heavy atom. The summed E-state index contributed by atoms with van der Waals surface area (Å²) < 4.78 is 46.0. The molecule has 1 heterocycles. The second kappa shape index (κ2) is 6.50. The van der Waals surface area contributed by atoms with Crippen molar-refractivity contribution < 1.29 is 22.3 Å². The Kier molecular flexibility index (Phi) is 4.92. The molecule has 2 rings (SSSR count). The van der Waals surface area contributed by atoms with E-state index in [-0.39, 0.29) is 11.8 Å². The van der Waals surface area contributed by atoms with Crippen molar-refractivity contribution in [3.05, 3.63) is 52.4 Å². The first-order chi connectivity index (χ1) is 9.87. The quantitative estimate of drug-likeness (QED) is 0.627. The number of hydrogen-bond acceptors (Lipinski definition) is 4. The van der Waals surface area contributed by atoms with Crippen LogP contribution in [0.4, 0.5) is 13.2 Å². The van der Waals surface area contributed by atoms with Gasteiger partial charge in [-0.05, 0) is 52.2 Å². The summed E-state index contributed by atoms with van der Waals surface area (Å²) in [5.41, 5.74) is 3.40. The van der Waals surface area contributed by atoms with Crippen molar-refractivity contribution in [3.63, 3.8) is 0 Å². The Labute approximate surface area is 127 Å². The maximum absolute atomic E-state index is 12.1. The fourth-order valence-corrected chi connectivity index (χ4v) is 2.14. The van der Waals surface area contributed by atoms with Gasteiger partial charge >= 0.3 is 6.36 Å². The van der Waals surface area contributed by atoms with Crippen LogP contribution in [0.2, 0.25) is 0 Å². The molecule has 0 bridgehead atoms. The first-order valence-corrected chi connectivity index (χ1v) is 6.73. The van der Waals surface area contributed by atoms with Gasteiger partial charge in [0, 0.05) is 0 Å². The van der Waals surface area contributed by atoms with Crippen LogP contribution in [0, 0.1) is 0 Å². The van der Waals surface area contributed by atoms with E-state index in [0.29, 0.717) is 16.9 Å². The minimum atomic E-state index is -4.69. The fourth-order valence-electron chi connectivity index (χ4n) is 1.82. The summed E-state index contributed by atoms with van der Waals surface area (Å²) in [5, 5.41) is 0. The third-order valence-electron chi connectivity index (χ3n) is 2.74. The Hall–Kier alpha value is -1.51. The van der Waals surface area contributed by atoms with E-state index >= 15 is 0 Å². The van der Waals surface area contributed by atoms with Crippen LogP contribution in [-0.2, 0) is 6.42 Å². The lowest BCUT2D eigenvalue weighted by Gasteiger charge is -2.14. The number of hydrogen-bond donors (Lipinski definition) is 2. The Morgan fingerprint density at radius 3 is 2.33 bits per heavy atom. The lowest BCUT2D eigenvalue weighted by Crippen LogP contribution is -2.29. The smallest absolute Gasteiger partial charge is 0.453 e. The van der Waals surface area contributed by atoms with Crippen LogP contribution in [-0.4, -0.2) is 6.36 Å². The maximum Gasteiger partial charge on any atom is 0.573 e. The molecule has 2 aromatic rings. The van der Waals surface area contributed by atoms with Crippen LogP contribution in [0.3, 0.4) is 0 Å².